The molecule has 0 spiro atoms. The van der Waals surface area contributed by atoms with Gasteiger partial charge in [-0.1, -0.05) is 0 Å². The molecule has 4 unspecified atom stereocenters. The van der Waals surface area contributed by atoms with Gasteiger partial charge in [-0.3, -0.25) is 0 Å². The Labute approximate surface area is 72.1 Å². The molecule has 0 radical (unpaired) electrons. The molecular formula is C9H15NS. The molecule has 11 heavy (non-hydrogen) atoms. The second kappa shape index (κ2) is 1.97. The van der Waals surface area contributed by atoms with Crippen molar-refractivity contribution in [2.75, 3.05) is 5.75 Å². The number of hydrogen-bond donors (Lipinski definition) is 1. The Hall–Kier alpha value is 0.310. The van der Waals surface area contributed by atoms with Crippen molar-refractivity contribution in [2.45, 2.75) is 36.5 Å². The molecule has 4 fully saturated rings. The molecule has 0 amide bonds. The Morgan fingerprint density at radius 1 is 1.36 bits per heavy atom. The van der Waals surface area contributed by atoms with E-state index in [0.29, 0.717) is 0 Å². The SMILES string of the molecule is NC12CSC3CC(CCC31)C2. The molecule has 0 aromatic carbocycles. The van der Waals surface area contributed by atoms with Gasteiger partial charge in [0.25, 0.3) is 0 Å². The Bertz CT molecular complexity index is 194. The number of rotatable bonds is 0. The molecule has 1 aliphatic heterocycles. The van der Waals surface area contributed by atoms with Gasteiger partial charge in [0.1, 0.15) is 0 Å². The summed E-state index contributed by atoms with van der Waals surface area (Å²) >= 11 is 2.15. The van der Waals surface area contributed by atoms with E-state index in [-0.39, 0.29) is 5.54 Å². The van der Waals surface area contributed by atoms with Gasteiger partial charge in [0, 0.05) is 16.5 Å². The average molecular weight is 169 g/mol. The standard InChI is InChI=1S/C9H15NS/c10-9-4-6-1-2-7(9)8(3-6)11-5-9/h6-8H,1-5,10H2. The van der Waals surface area contributed by atoms with Gasteiger partial charge < -0.3 is 5.73 Å². The van der Waals surface area contributed by atoms with Crippen molar-refractivity contribution >= 4 is 11.8 Å². The van der Waals surface area contributed by atoms with E-state index in [1.54, 1.807) is 0 Å². The van der Waals surface area contributed by atoms with Crippen LogP contribution in [0.4, 0.5) is 0 Å². The predicted octanol–water partition coefficient (Wildman–Crippen LogP) is 1.62. The van der Waals surface area contributed by atoms with E-state index in [0.717, 1.165) is 17.1 Å². The monoisotopic (exact) mass is 169 g/mol. The molecule has 0 aromatic rings. The summed E-state index contributed by atoms with van der Waals surface area (Å²) in [5.74, 6) is 3.13. The van der Waals surface area contributed by atoms with Crippen LogP contribution in [0.5, 0.6) is 0 Å². The molecule has 1 saturated heterocycles. The molecule has 3 saturated carbocycles. The summed E-state index contributed by atoms with van der Waals surface area (Å²) in [6.45, 7) is 0. The molecule has 4 bridgehead atoms. The maximum atomic E-state index is 6.36. The van der Waals surface area contributed by atoms with E-state index in [1.807, 2.05) is 0 Å². The van der Waals surface area contributed by atoms with Crippen LogP contribution in [0, 0.1) is 11.8 Å². The highest BCUT2D eigenvalue weighted by Crippen LogP contribution is 2.56. The minimum absolute atomic E-state index is 0.274. The smallest absolute Gasteiger partial charge is 0.0288 e. The fourth-order valence-electron chi connectivity index (χ4n) is 3.36. The second-order valence-corrected chi connectivity index (χ2v) is 5.80. The van der Waals surface area contributed by atoms with Crippen molar-refractivity contribution in [1.29, 1.82) is 0 Å². The van der Waals surface area contributed by atoms with Gasteiger partial charge in [-0.2, -0.15) is 11.8 Å². The highest BCUT2D eigenvalue weighted by molar-refractivity contribution is 8.00. The summed E-state index contributed by atoms with van der Waals surface area (Å²) in [7, 11) is 0. The largest absolute Gasteiger partial charge is 0.324 e. The van der Waals surface area contributed by atoms with Crippen LogP contribution in [-0.4, -0.2) is 16.5 Å². The van der Waals surface area contributed by atoms with Gasteiger partial charge in [-0.25, -0.2) is 0 Å². The third-order valence-electron chi connectivity index (χ3n) is 3.87. The van der Waals surface area contributed by atoms with Crippen molar-refractivity contribution in [3.63, 3.8) is 0 Å². The van der Waals surface area contributed by atoms with Gasteiger partial charge in [0.05, 0.1) is 0 Å². The van der Waals surface area contributed by atoms with Crippen molar-refractivity contribution < 1.29 is 0 Å². The zero-order valence-corrected chi connectivity index (χ0v) is 7.57. The Kier molecular flexibility index (Phi) is 1.21. The van der Waals surface area contributed by atoms with Crippen molar-refractivity contribution in [3.05, 3.63) is 0 Å². The first-order chi connectivity index (χ1) is 5.28. The lowest BCUT2D eigenvalue weighted by Crippen LogP contribution is -2.55. The molecule has 0 aromatic heterocycles. The zero-order valence-electron chi connectivity index (χ0n) is 6.75. The van der Waals surface area contributed by atoms with E-state index in [9.17, 15) is 0 Å². The summed E-state index contributed by atoms with van der Waals surface area (Å²) in [4.78, 5) is 0. The number of nitrogens with two attached hydrogens (primary N) is 1. The third-order valence-corrected chi connectivity index (χ3v) is 5.53. The normalized spacial score (nSPS) is 60.3. The molecule has 4 rings (SSSR count). The first kappa shape index (κ1) is 6.79. The first-order valence-electron chi connectivity index (χ1n) is 4.68. The van der Waals surface area contributed by atoms with Crippen molar-refractivity contribution in [1.82, 2.24) is 0 Å². The second-order valence-electron chi connectivity index (χ2n) is 4.57. The molecule has 1 heterocycles. The van der Waals surface area contributed by atoms with Crippen LogP contribution in [0.3, 0.4) is 0 Å². The molecule has 2 N–H and O–H groups in total. The first-order valence-corrected chi connectivity index (χ1v) is 5.73. The van der Waals surface area contributed by atoms with Crippen molar-refractivity contribution in [3.8, 4) is 0 Å². The van der Waals surface area contributed by atoms with Crippen LogP contribution in [0.25, 0.3) is 0 Å². The summed E-state index contributed by atoms with van der Waals surface area (Å²) in [6.07, 6.45) is 5.72. The van der Waals surface area contributed by atoms with Gasteiger partial charge >= 0.3 is 0 Å². The van der Waals surface area contributed by atoms with Gasteiger partial charge in [0.15, 0.2) is 0 Å². The topological polar surface area (TPSA) is 26.0 Å². The predicted molar refractivity (Wildman–Crippen MR) is 48.6 cm³/mol. The van der Waals surface area contributed by atoms with Crippen LogP contribution in [0.2, 0.25) is 0 Å². The van der Waals surface area contributed by atoms with Crippen LogP contribution < -0.4 is 5.73 Å². The maximum Gasteiger partial charge on any atom is 0.0288 e. The number of hydrogen-bond acceptors (Lipinski definition) is 2. The minimum Gasteiger partial charge on any atom is -0.324 e. The molecule has 4 atom stereocenters. The van der Waals surface area contributed by atoms with E-state index < -0.39 is 0 Å². The van der Waals surface area contributed by atoms with Gasteiger partial charge in [0.2, 0.25) is 0 Å². The summed E-state index contributed by atoms with van der Waals surface area (Å²) in [5, 5.41) is 0.951. The Morgan fingerprint density at radius 2 is 2.27 bits per heavy atom. The minimum atomic E-state index is 0.274. The number of thioether (sulfide) groups is 1. The Morgan fingerprint density at radius 3 is 2.91 bits per heavy atom. The van der Waals surface area contributed by atoms with Crippen LogP contribution in [0.1, 0.15) is 25.7 Å². The maximum absolute atomic E-state index is 6.36. The quantitative estimate of drug-likeness (QED) is 0.596. The lowest BCUT2D eigenvalue weighted by Gasteiger charge is -2.47. The molecule has 1 nitrogen and oxygen atoms in total. The third kappa shape index (κ3) is 0.775. The van der Waals surface area contributed by atoms with E-state index in [1.165, 1.54) is 31.4 Å². The van der Waals surface area contributed by atoms with E-state index >= 15 is 0 Å². The summed E-state index contributed by atoms with van der Waals surface area (Å²) in [5.41, 5.74) is 6.64. The van der Waals surface area contributed by atoms with Gasteiger partial charge in [-0.05, 0) is 37.5 Å². The van der Waals surface area contributed by atoms with Crippen LogP contribution >= 0.6 is 11.8 Å². The molecule has 62 valence electrons. The molecular weight excluding hydrogens is 154 g/mol. The highest BCUT2D eigenvalue weighted by Gasteiger charge is 2.54. The van der Waals surface area contributed by atoms with Crippen LogP contribution in [-0.2, 0) is 0 Å². The van der Waals surface area contributed by atoms with E-state index in [2.05, 4.69) is 11.8 Å². The zero-order chi connectivity index (χ0) is 7.47. The van der Waals surface area contributed by atoms with Gasteiger partial charge in [-0.15, -0.1) is 0 Å². The number of fused-ring (bicyclic) bond motifs is 1. The lowest BCUT2D eigenvalue weighted by molar-refractivity contribution is 0.106. The Balaban J connectivity index is 2.00. The van der Waals surface area contributed by atoms with Crippen LogP contribution in [0.15, 0.2) is 0 Å². The fraction of sp³-hybridized carbons (Fsp3) is 1.00. The fourth-order valence-corrected chi connectivity index (χ4v) is 5.26. The molecule has 2 heteroatoms. The lowest BCUT2D eigenvalue weighted by atomic mass is 9.61. The summed E-state index contributed by atoms with van der Waals surface area (Å²) < 4.78 is 0. The van der Waals surface area contributed by atoms with Crippen molar-refractivity contribution in [2.24, 2.45) is 17.6 Å². The summed E-state index contributed by atoms with van der Waals surface area (Å²) in [6, 6.07) is 0. The average Bonchev–Trinajstić information content (AvgIpc) is 2.23. The van der Waals surface area contributed by atoms with E-state index in [4.69, 9.17) is 5.73 Å². The molecule has 4 aliphatic rings. The molecule has 3 aliphatic carbocycles. The highest BCUT2D eigenvalue weighted by atomic mass is 32.2.